The number of benzene rings is 1. The van der Waals surface area contributed by atoms with Gasteiger partial charge in [-0.25, -0.2) is 13.1 Å². The van der Waals surface area contributed by atoms with E-state index in [2.05, 4.69) is 11.6 Å². The summed E-state index contributed by atoms with van der Waals surface area (Å²) in [5.41, 5.74) is 1.19. The van der Waals surface area contributed by atoms with Crippen LogP contribution in [0.5, 0.6) is 0 Å². The van der Waals surface area contributed by atoms with Gasteiger partial charge in [-0.15, -0.1) is 0 Å². The Hall–Kier alpha value is -0.910. The first-order valence-corrected chi connectivity index (χ1v) is 8.66. The maximum Gasteiger partial charge on any atom is 0.240 e. The molecular weight excluding hydrogens is 274 g/mol. The van der Waals surface area contributed by atoms with Crippen LogP contribution in [0, 0.1) is 0 Å². The number of unbranched alkanes of at least 4 members (excludes halogenated alkanes) is 3. The number of sulfonamides is 1. The van der Waals surface area contributed by atoms with Crippen LogP contribution in [0.3, 0.4) is 0 Å². The first-order chi connectivity index (χ1) is 9.60. The fourth-order valence-electron chi connectivity index (χ4n) is 1.95. The minimum Gasteiger partial charge on any atom is -0.383 e. The molecule has 1 rings (SSSR count). The molecule has 0 atom stereocenters. The Morgan fingerprint density at radius 1 is 1.10 bits per heavy atom. The number of methoxy groups -OCH3 is 1. The molecule has 0 aliphatic heterocycles. The molecular formula is C15H25NO3S. The zero-order valence-corrected chi connectivity index (χ0v) is 13.2. The van der Waals surface area contributed by atoms with Crippen LogP contribution in [0.25, 0.3) is 0 Å². The average molecular weight is 299 g/mol. The van der Waals surface area contributed by atoms with E-state index in [4.69, 9.17) is 4.74 Å². The Labute approximate surface area is 122 Å². The molecule has 0 aromatic heterocycles. The van der Waals surface area contributed by atoms with Gasteiger partial charge in [-0.3, -0.25) is 0 Å². The van der Waals surface area contributed by atoms with Crippen molar-refractivity contribution in [3.63, 3.8) is 0 Å². The maximum atomic E-state index is 12.0. The van der Waals surface area contributed by atoms with E-state index in [9.17, 15) is 8.42 Å². The van der Waals surface area contributed by atoms with Crippen LogP contribution in [0.15, 0.2) is 29.2 Å². The van der Waals surface area contributed by atoms with Gasteiger partial charge < -0.3 is 4.74 Å². The zero-order chi connectivity index (χ0) is 14.8. The summed E-state index contributed by atoms with van der Waals surface area (Å²) in [7, 11) is -1.87. The summed E-state index contributed by atoms with van der Waals surface area (Å²) in [6, 6.07) is 7.14. The van der Waals surface area contributed by atoms with Crippen LogP contribution in [0.1, 0.15) is 38.2 Å². The number of aryl methyl sites for hydroxylation is 1. The van der Waals surface area contributed by atoms with Crippen LogP contribution in [-0.2, 0) is 21.2 Å². The lowest BCUT2D eigenvalue weighted by Crippen LogP contribution is -2.27. The summed E-state index contributed by atoms with van der Waals surface area (Å²) in [5, 5.41) is 0. The normalized spacial score (nSPS) is 11.7. The average Bonchev–Trinajstić information content (AvgIpc) is 2.44. The summed E-state index contributed by atoms with van der Waals surface area (Å²) in [6.45, 7) is 2.85. The van der Waals surface area contributed by atoms with Gasteiger partial charge >= 0.3 is 0 Å². The molecule has 0 aliphatic rings. The van der Waals surface area contributed by atoms with Crippen molar-refractivity contribution in [1.29, 1.82) is 0 Å². The molecule has 4 nitrogen and oxygen atoms in total. The van der Waals surface area contributed by atoms with E-state index in [1.165, 1.54) is 24.8 Å². The molecule has 0 fully saturated rings. The Bertz CT molecular complexity index is 468. The van der Waals surface area contributed by atoms with Gasteiger partial charge in [0, 0.05) is 13.7 Å². The van der Waals surface area contributed by atoms with Gasteiger partial charge in [-0.2, -0.15) is 0 Å². The second-order valence-corrected chi connectivity index (χ2v) is 6.61. The molecule has 0 bridgehead atoms. The van der Waals surface area contributed by atoms with Crippen molar-refractivity contribution in [2.24, 2.45) is 0 Å². The number of rotatable bonds is 10. The highest BCUT2D eigenvalue weighted by atomic mass is 32.2. The molecule has 0 radical (unpaired) electrons. The first-order valence-electron chi connectivity index (χ1n) is 7.17. The van der Waals surface area contributed by atoms with Gasteiger partial charge in [-0.05, 0) is 30.5 Å². The van der Waals surface area contributed by atoms with E-state index in [1.54, 1.807) is 19.2 Å². The molecule has 114 valence electrons. The number of ether oxygens (including phenoxy) is 1. The third-order valence-electron chi connectivity index (χ3n) is 3.15. The lowest BCUT2D eigenvalue weighted by Gasteiger charge is -2.07. The van der Waals surface area contributed by atoms with Gasteiger partial charge in [0.05, 0.1) is 11.5 Å². The number of hydrogen-bond donors (Lipinski definition) is 1. The van der Waals surface area contributed by atoms with Crippen molar-refractivity contribution in [3.8, 4) is 0 Å². The Morgan fingerprint density at radius 2 is 1.80 bits per heavy atom. The highest BCUT2D eigenvalue weighted by molar-refractivity contribution is 7.89. The van der Waals surface area contributed by atoms with Crippen molar-refractivity contribution >= 4 is 10.0 Å². The zero-order valence-electron chi connectivity index (χ0n) is 12.4. The second-order valence-electron chi connectivity index (χ2n) is 4.85. The summed E-state index contributed by atoms with van der Waals surface area (Å²) in [5.74, 6) is 0. The predicted molar refractivity (Wildman–Crippen MR) is 81.4 cm³/mol. The van der Waals surface area contributed by atoms with Crippen molar-refractivity contribution < 1.29 is 13.2 Å². The van der Waals surface area contributed by atoms with Gasteiger partial charge in [0.15, 0.2) is 0 Å². The van der Waals surface area contributed by atoms with E-state index in [-0.39, 0.29) is 6.54 Å². The van der Waals surface area contributed by atoms with Crippen LogP contribution >= 0.6 is 0 Å². The molecule has 20 heavy (non-hydrogen) atoms. The Balaban J connectivity index is 2.52. The van der Waals surface area contributed by atoms with Crippen LogP contribution in [-0.4, -0.2) is 28.7 Å². The third-order valence-corrected chi connectivity index (χ3v) is 4.63. The van der Waals surface area contributed by atoms with Crippen molar-refractivity contribution in [2.45, 2.75) is 43.9 Å². The van der Waals surface area contributed by atoms with Gasteiger partial charge in [-0.1, -0.05) is 38.3 Å². The Morgan fingerprint density at radius 3 is 2.40 bits per heavy atom. The van der Waals surface area contributed by atoms with Crippen LogP contribution < -0.4 is 4.72 Å². The van der Waals surface area contributed by atoms with Gasteiger partial charge in [0.25, 0.3) is 0 Å². The minimum absolute atomic E-state index is 0.289. The first kappa shape index (κ1) is 17.1. The lowest BCUT2D eigenvalue weighted by atomic mass is 10.1. The molecule has 0 aliphatic carbocycles. The van der Waals surface area contributed by atoms with Gasteiger partial charge in [0.1, 0.15) is 0 Å². The van der Waals surface area contributed by atoms with Crippen molar-refractivity contribution in [3.05, 3.63) is 29.8 Å². The van der Waals surface area contributed by atoms with Crippen LogP contribution in [0.2, 0.25) is 0 Å². The smallest absolute Gasteiger partial charge is 0.240 e. The van der Waals surface area contributed by atoms with Gasteiger partial charge in [0.2, 0.25) is 10.0 Å². The lowest BCUT2D eigenvalue weighted by molar-refractivity contribution is 0.204. The van der Waals surface area contributed by atoms with E-state index in [0.717, 1.165) is 12.8 Å². The molecule has 0 amide bonds. The Kier molecular flexibility index (Phi) is 7.80. The second kappa shape index (κ2) is 9.10. The number of hydrogen-bond acceptors (Lipinski definition) is 3. The largest absolute Gasteiger partial charge is 0.383 e. The summed E-state index contributed by atoms with van der Waals surface area (Å²) in [4.78, 5) is 0.311. The third kappa shape index (κ3) is 6.03. The molecule has 5 heteroatoms. The molecule has 0 heterocycles. The summed E-state index contributed by atoms with van der Waals surface area (Å²) >= 11 is 0. The highest BCUT2D eigenvalue weighted by Crippen LogP contribution is 2.13. The number of nitrogens with one attached hydrogen (secondary N) is 1. The monoisotopic (exact) mass is 299 g/mol. The van der Waals surface area contributed by atoms with Crippen molar-refractivity contribution in [2.75, 3.05) is 20.3 Å². The molecule has 0 spiro atoms. The van der Waals surface area contributed by atoms with Crippen molar-refractivity contribution in [1.82, 2.24) is 4.72 Å². The SMILES string of the molecule is CCCCCCc1ccc(S(=O)(=O)NCCOC)cc1. The highest BCUT2D eigenvalue weighted by Gasteiger charge is 2.12. The molecule has 1 N–H and O–H groups in total. The fourth-order valence-corrected chi connectivity index (χ4v) is 2.97. The molecule has 0 unspecified atom stereocenters. The standard InChI is InChI=1S/C15H25NO3S/c1-3-4-5-6-7-14-8-10-15(11-9-14)20(17,18)16-12-13-19-2/h8-11,16H,3-7,12-13H2,1-2H3. The topological polar surface area (TPSA) is 55.4 Å². The molecule has 0 saturated carbocycles. The quantitative estimate of drug-likeness (QED) is 0.676. The predicted octanol–water partition coefficient (Wildman–Crippen LogP) is 2.73. The fraction of sp³-hybridized carbons (Fsp3) is 0.600. The van der Waals surface area contributed by atoms with Crippen LogP contribution in [0.4, 0.5) is 0 Å². The van der Waals surface area contributed by atoms with E-state index < -0.39 is 10.0 Å². The maximum absolute atomic E-state index is 12.0. The van der Waals surface area contributed by atoms with E-state index in [0.29, 0.717) is 11.5 Å². The summed E-state index contributed by atoms with van der Waals surface area (Å²) < 4.78 is 31.2. The summed E-state index contributed by atoms with van der Waals surface area (Å²) in [6.07, 6.45) is 5.89. The van der Waals surface area contributed by atoms with E-state index >= 15 is 0 Å². The minimum atomic E-state index is -3.41. The molecule has 1 aromatic carbocycles. The molecule has 0 saturated heterocycles. The molecule has 1 aromatic rings. The van der Waals surface area contributed by atoms with E-state index in [1.807, 2.05) is 12.1 Å².